The zero-order chi connectivity index (χ0) is 9.97. The van der Waals surface area contributed by atoms with Gasteiger partial charge in [0.1, 0.15) is 0 Å². The van der Waals surface area contributed by atoms with Crippen LogP contribution in [0.25, 0.3) is 0 Å². The predicted molar refractivity (Wildman–Crippen MR) is 50.8 cm³/mol. The maximum Gasteiger partial charge on any atom is 0.341 e. The molecule has 1 fully saturated rings. The Morgan fingerprint density at radius 3 is 2.79 bits per heavy atom. The molecular weight excluding hydrogens is 180 g/mol. The van der Waals surface area contributed by atoms with Gasteiger partial charge < -0.3 is 5.32 Å². The molecule has 1 aromatic carbocycles. The normalized spacial score (nSPS) is 21.9. The fourth-order valence-electron chi connectivity index (χ4n) is 1.64. The van der Waals surface area contributed by atoms with Crippen LogP contribution >= 0.6 is 0 Å². The lowest BCUT2D eigenvalue weighted by Gasteiger charge is -2.30. The van der Waals surface area contributed by atoms with Gasteiger partial charge in [0.15, 0.2) is 0 Å². The molecule has 1 saturated heterocycles. The SMILES string of the molecule is O=C1NCCC(c2ccccc2)N1O. The van der Waals surface area contributed by atoms with E-state index in [1.165, 1.54) is 0 Å². The maximum atomic E-state index is 11.1. The second-order valence-electron chi connectivity index (χ2n) is 3.29. The summed E-state index contributed by atoms with van der Waals surface area (Å²) in [5.74, 6) is 0. The summed E-state index contributed by atoms with van der Waals surface area (Å²) in [7, 11) is 0. The van der Waals surface area contributed by atoms with Crippen molar-refractivity contribution in [2.75, 3.05) is 6.54 Å². The first kappa shape index (κ1) is 9.02. The van der Waals surface area contributed by atoms with Gasteiger partial charge in [-0.05, 0) is 12.0 Å². The molecule has 4 heteroatoms. The van der Waals surface area contributed by atoms with E-state index in [9.17, 15) is 10.0 Å². The van der Waals surface area contributed by atoms with Crippen molar-refractivity contribution in [3.63, 3.8) is 0 Å². The summed E-state index contributed by atoms with van der Waals surface area (Å²) in [6, 6.07) is 8.88. The van der Waals surface area contributed by atoms with Crippen LogP contribution in [0.3, 0.4) is 0 Å². The van der Waals surface area contributed by atoms with Gasteiger partial charge in [-0.1, -0.05) is 30.3 Å². The van der Waals surface area contributed by atoms with Crippen molar-refractivity contribution in [3.8, 4) is 0 Å². The molecule has 1 aromatic rings. The second-order valence-corrected chi connectivity index (χ2v) is 3.29. The number of hydrogen-bond donors (Lipinski definition) is 2. The number of hydroxylamine groups is 2. The van der Waals surface area contributed by atoms with E-state index in [0.29, 0.717) is 6.54 Å². The van der Waals surface area contributed by atoms with Crippen LogP contribution in [0, 0.1) is 0 Å². The van der Waals surface area contributed by atoms with Crippen molar-refractivity contribution < 1.29 is 10.0 Å². The monoisotopic (exact) mass is 192 g/mol. The molecule has 1 aliphatic heterocycles. The fraction of sp³-hybridized carbons (Fsp3) is 0.300. The minimum absolute atomic E-state index is 0.218. The van der Waals surface area contributed by atoms with Crippen LogP contribution in [0.1, 0.15) is 18.0 Å². The molecule has 1 atom stereocenters. The van der Waals surface area contributed by atoms with E-state index >= 15 is 0 Å². The number of rotatable bonds is 1. The number of amides is 2. The molecule has 1 unspecified atom stereocenters. The zero-order valence-corrected chi connectivity index (χ0v) is 7.68. The number of nitrogens with one attached hydrogen (secondary N) is 1. The highest BCUT2D eigenvalue weighted by Crippen LogP contribution is 2.24. The molecule has 4 nitrogen and oxygen atoms in total. The summed E-state index contributed by atoms with van der Waals surface area (Å²) in [5.41, 5.74) is 0.963. The van der Waals surface area contributed by atoms with E-state index in [1.54, 1.807) is 0 Å². The van der Waals surface area contributed by atoms with Gasteiger partial charge >= 0.3 is 6.03 Å². The van der Waals surface area contributed by atoms with Gasteiger partial charge in [-0.2, -0.15) is 5.06 Å². The lowest BCUT2D eigenvalue weighted by molar-refractivity contribution is -0.0903. The number of carbonyl (C=O) groups excluding carboxylic acids is 1. The molecule has 2 rings (SSSR count). The Bertz CT molecular complexity index is 326. The van der Waals surface area contributed by atoms with E-state index in [2.05, 4.69) is 5.32 Å². The van der Waals surface area contributed by atoms with Crippen LogP contribution in [-0.4, -0.2) is 22.8 Å². The highest BCUT2D eigenvalue weighted by atomic mass is 16.5. The summed E-state index contributed by atoms with van der Waals surface area (Å²) in [4.78, 5) is 11.1. The maximum absolute atomic E-state index is 11.1. The Hall–Kier alpha value is -1.55. The standard InChI is InChI=1S/C10H12N2O2/c13-10-11-7-6-9(12(10)14)8-4-2-1-3-5-8/h1-5,9,14H,6-7H2,(H,11,13). The highest BCUT2D eigenvalue weighted by molar-refractivity contribution is 5.74. The molecule has 0 bridgehead atoms. The van der Waals surface area contributed by atoms with Crippen molar-refractivity contribution in [2.24, 2.45) is 0 Å². The summed E-state index contributed by atoms with van der Waals surface area (Å²) in [5, 5.41) is 12.8. The Morgan fingerprint density at radius 2 is 2.07 bits per heavy atom. The van der Waals surface area contributed by atoms with E-state index < -0.39 is 6.03 Å². The smallest absolute Gasteiger partial charge is 0.336 e. The zero-order valence-electron chi connectivity index (χ0n) is 7.68. The van der Waals surface area contributed by atoms with Gasteiger partial charge in [-0.15, -0.1) is 0 Å². The summed E-state index contributed by atoms with van der Waals surface area (Å²) >= 11 is 0. The Kier molecular flexibility index (Phi) is 2.37. The molecule has 1 heterocycles. The molecule has 1 aliphatic rings. The first-order valence-corrected chi connectivity index (χ1v) is 4.60. The Labute approximate surface area is 82.1 Å². The minimum Gasteiger partial charge on any atom is -0.336 e. The van der Waals surface area contributed by atoms with Crippen LogP contribution in [0.15, 0.2) is 30.3 Å². The van der Waals surface area contributed by atoms with E-state index in [1.807, 2.05) is 30.3 Å². The van der Waals surface area contributed by atoms with Gasteiger partial charge in [-0.3, -0.25) is 5.21 Å². The molecule has 0 spiro atoms. The van der Waals surface area contributed by atoms with E-state index in [0.717, 1.165) is 17.0 Å². The average molecular weight is 192 g/mol. The third-order valence-corrected chi connectivity index (χ3v) is 2.38. The summed E-state index contributed by atoms with van der Waals surface area (Å²) in [6.07, 6.45) is 0.728. The summed E-state index contributed by atoms with van der Waals surface area (Å²) in [6.45, 7) is 0.607. The molecule has 0 aromatic heterocycles. The van der Waals surface area contributed by atoms with Crippen LogP contribution in [0.4, 0.5) is 4.79 Å². The van der Waals surface area contributed by atoms with Crippen LogP contribution in [-0.2, 0) is 0 Å². The third kappa shape index (κ3) is 1.56. The van der Waals surface area contributed by atoms with Crippen LogP contribution in [0.2, 0.25) is 0 Å². The first-order chi connectivity index (χ1) is 6.79. The number of nitrogens with zero attached hydrogens (tertiary/aromatic N) is 1. The van der Waals surface area contributed by atoms with Gasteiger partial charge in [-0.25, -0.2) is 4.79 Å². The van der Waals surface area contributed by atoms with Crippen molar-refractivity contribution in [1.82, 2.24) is 10.4 Å². The largest absolute Gasteiger partial charge is 0.341 e. The van der Waals surface area contributed by atoms with Gasteiger partial charge in [0, 0.05) is 6.54 Å². The molecular formula is C10H12N2O2. The van der Waals surface area contributed by atoms with Gasteiger partial charge in [0.2, 0.25) is 0 Å². The molecule has 2 N–H and O–H groups in total. The topological polar surface area (TPSA) is 52.6 Å². The molecule has 74 valence electrons. The molecule has 2 amide bonds. The summed E-state index contributed by atoms with van der Waals surface area (Å²) < 4.78 is 0. The van der Waals surface area contributed by atoms with Crippen LogP contribution in [0.5, 0.6) is 0 Å². The Balaban J connectivity index is 2.22. The molecule has 0 radical (unpaired) electrons. The van der Waals surface area contributed by atoms with Crippen molar-refractivity contribution in [3.05, 3.63) is 35.9 Å². The molecule has 14 heavy (non-hydrogen) atoms. The van der Waals surface area contributed by atoms with Gasteiger partial charge in [0.25, 0.3) is 0 Å². The Morgan fingerprint density at radius 1 is 1.36 bits per heavy atom. The van der Waals surface area contributed by atoms with Crippen molar-refractivity contribution in [1.29, 1.82) is 0 Å². The molecule has 0 aliphatic carbocycles. The fourth-order valence-corrected chi connectivity index (χ4v) is 1.64. The predicted octanol–water partition coefficient (Wildman–Crippen LogP) is 1.53. The third-order valence-electron chi connectivity index (χ3n) is 2.38. The van der Waals surface area contributed by atoms with Crippen molar-refractivity contribution >= 4 is 6.03 Å². The number of hydrogen-bond acceptors (Lipinski definition) is 2. The average Bonchev–Trinajstić information content (AvgIpc) is 2.23. The van der Waals surface area contributed by atoms with E-state index in [4.69, 9.17) is 0 Å². The second kappa shape index (κ2) is 3.67. The minimum atomic E-state index is -0.426. The highest BCUT2D eigenvalue weighted by Gasteiger charge is 2.27. The van der Waals surface area contributed by atoms with Crippen molar-refractivity contribution in [2.45, 2.75) is 12.5 Å². The number of urea groups is 1. The number of carbonyl (C=O) groups is 1. The van der Waals surface area contributed by atoms with Crippen LogP contribution < -0.4 is 5.32 Å². The van der Waals surface area contributed by atoms with Gasteiger partial charge in [0.05, 0.1) is 6.04 Å². The van der Waals surface area contributed by atoms with E-state index in [-0.39, 0.29) is 6.04 Å². The number of benzene rings is 1. The quantitative estimate of drug-likeness (QED) is 0.663. The first-order valence-electron chi connectivity index (χ1n) is 4.60. The molecule has 0 saturated carbocycles. The lowest BCUT2D eigenvalue weighted by atomic mass is 10.0. The lowest BCUT2D eigenvalue weighted by Crippen LogP contribution is -2.46.